The summed E-state index contributed by atoms with van der Waals surface area (Å²) in [5, 5.41) is 3.30. The van der Waals surface area contributed by atoms with Crippen LogP contribution in [0.5, 0.6) is 0 Å². The topological polar surface area (TPSA) is 75.7 Å². The predicted molar refractivity (Wildman–Crippen MR) is 108 cm³/mol. The molecule has 0 saturated heterocycles. The van der Waals surface area contributed by atoms with Crippen molar-refractivity contribution in [3.63, 3.8) is 0 Å². The molecule has 2 rings (SSSR count). The highest BCUT2D eigenvalue weighted by molar-refractivity contribution is 7.92. The summed E-state index contributed by atoms with van der Waals surface area (Å²) in [7, 11) is -1.97. The van der Waals surface area contributed by atoms with Crippen LogP contribution in [0.2, 0.25) is 5.02 Å². The van der Waals surface area contributed by atoms with Crippen molar-refractivity contribution in [1.82, 2.24) is 5.32 Å². The van der Waals surface area contributed by atoms with Gasteiger partial charge in [-0.2, -0.15) is 0 Å². The minimum absolute atomic E-state index is 0.106. The lowest BCUT2D eigenvalue weighted by Gasteiger charge is -2.23. The van der Waals surface area contributed by atoms with Gasteiger partial charge in [0.15, 0.2) is 0 Å². The molecule has 1 amide bonds. The summed E-state index contributed by atoms with van der Waals surface area (Å²) >= 11 is 6.16. The quantitative estimate of drug-likeness (QED) is 0.725. The second-order valence-electron chi connectivity index (χ2n) is 6.24. The first-order valence-electron chi connectivity index (χ1n) is 8.33. The van der Waals surface area contributed by atoms with E-state index < -0.39 is 10.0 Å². The second-order valence-corrected chi connectivity index (χ2v) is 8.55. The maximum Gasteiger partial charge on any atom is 0.251 e. The molecular weight excluding hydrogens is 388 g/mol. The number of hydrogen-bond acceptors (Lipinski definition) is 4. The summed E-state index contributed by atoms with van der Waals surface area (Å²) in [5.41, 5.74) is 1.59. The standard InChI is InChI=1S/C19H23ClN2O4S/c1-14(13-26-2)21-19(23)15-8-10-17(11-9-15)22(27(3,24)25)12-16-6-4-5-7-18(16)20/h4-11,14H,12-13H2,1-3H3,(H,21,23)/t14-/m0/s1. The summed E-state index contributed by atoms with van der Waals surface area (Å²) in [4.78, 5) is 12.2. The molecule has 146 valence electrons. The third kappa shape index (κ3) is 5.95. The van der Waals surface area contributed by atoms with Gasteiger partial charge >= 0.3 is 0 Å². The van der Waals surface area contributed by atoms with Gasteiger partial charge in [0.25, 0.3) is 5.91 Å². The van der Waals surface area contributed by atoms with Crippen LogP contribution in [0.1, 0.15) is 22.8 Å². The van der Waals surface area contributed by atoms with E-state index in [0.29, 0.717) is 28.4 Å². The summed E-state index contributed by atoms with van der Waals surface area (Å²) < 4.78 is 30.8. The highest BCUT2D eigenvalue weighted by Crippen LogP contribution is 2.24. The van der Waals surface area contributed by atoms with Crippen molar-refractivity contribution in [1.29, 1.82) is 0 Å². The number of benzene rings is 2. The fourth-order valence-electron chi connectivity index (χ4n) is 2.56. The number of sulfonamides is 1. The van der Waals surface area contributed by atoms with Crippen molar-refractivity contribution < 1.29 is 17.9 Å². The van der Waals surface area contributed by atoms with E-state index >= 15 is 0 Å². The third-order valence-corrected chi connectivity index (χ3v) is 5.39. The normalized spacial score (nSPS) is 12.4. The zero-order valence-electron chi connectivity index (χ0n) is 15.5. The van der Waals surface area contributed by atoms with Crippen LogP contribution >= 0.6 is 11.6 Å². The van der Waals surface area contributed by atoms with Gasteiger partial charge in [-0.1, -0.05) is 29.8 Å². The molecule has 1 atom stereocenters. The van der Waals surface area contributed by atoms with Crippen molar-refractivity contribution in [3.8, 4) is 0 Å². The zero-order chi connectivity index (χ0) is 20.0. The maximum absolute atomic E-state index is 12.3. The molecule has 1 N–H and O–H groups in total. The lowest BCUT2D eigenvalue weighted by molar-refractivity contribution is 0.0905. The summed E-state index contributed by atoms with van der Waals surface area (Å²) in [6.45, 7) is 2.35. The second kappa shape index (κ2) is 9.21. The van der Waals surface area contributed by atoms with Crippen LogP contribution in [-0.2, 0) is 21.3 Å². The number of nitrogens with one attached hydrogen (secondary N) is 1. The van der Waals surface area contributed by atoms with E-state index in [9.17, 15) is 13.2 Å². The monoisotopic (exact) mass is 410 g/mol. The van der Waals surface area contributed by atoms with Gasteiger partial charge in [0, 0.05) is 23.7 Å². The largest absolute Gasteiger partial charge is 0.383 e. The van der Waals surface area contributed by atoms with Gasteiger partial charge < -0.3 is 10.1 Å². The Balaban J connectivity index is 2.23. The van der Waals surface area contributed by atoms with Crippen molar-refractivity contribution >= 4 is 33.2 Å². The number of halogens is 1. The number of carbonyl (C=O) groups excluding carboxylic acids is 1. The first kappa shape index (κ1) is 21.2. The number of amides is 1. The van der Waals surface area contributed by atoms with Crippen LogP contribution in [0.4, 0.5) is 5.69 Å². The van der Waals surface area contributed by atoms with Gasteiger partial charge in [0.05, 0.1) is 25.1 Å². The lowest BCUT2D eigenvalue weighted by atomic mass is 10.1. The maximum atomic E-state index is 12.3. The fraction of sp³-hybridized carbons (Fsp3) is 0.316. The molecule has 0 saturated carbocycles. The number of carbonyl (C=O) groups is 1. The average molecular weight is 411 g/mol. The number of ether oxygens (including phenoxy) is 1. The number of methoxy groups -OCH3 is 1. The van der Waals surface area contributed by atoms with Crippen LogP contribution in [0.3, 0.4) is 0 Å². The molecule has 0 heterocycles. The molecule has 27 heavy (non-hydrogen) atoms. The Hall–Kier alpha value is -2.09. The summed E-state index contributed by atoms with van der Waals surface area (Å²) in [5.74, 6) is -0.247. The molecule has 0 aliphatic carbocycles. The molecule has 0 aliphatic rings. The van der Waals surface area contributed by atoms with Crippen molar-refractivity contribution in [2.75, 3.05) is 24.3 Å². The fourth-order valence-corrected chi connectivity index (χ4v) is 3.63. The Kier molecular flexibility index (Phi) is 7.24. The number of nitrogens with zero attached hydrogens (tertiary/aromatic N) is 1. The Morgan fingerprint density at radius 3 is 2.37 bits per heavy atom. The van der Waals surface area contributed by atoms with Crippen LogP contribution < -0.4 is 9.62 Å². The van der Waals surface area contributed by atoms with Crippen LogP contribution in [0.25, 0.3) is 0 Å². The van der Waals surface area contributed by atoms with Crippen molar-refractivity contribution in [2.24, 2.45) is 0 Å². The molecule has 2 aromatic rings. The molecule has 2 aromatic carbocycles. The zero-order valence-corrected chi connectivity index (χ0v) is 17.0. The van der Waals surface area contributed by atoms with Gasteiger partial charge in [-0.15, -0.1) is 0 Å². The lowest BCUT2D eigenvalue weighted by Crippen LogP contribution is -2.35. The van der Waals surface area contributed by atoms with Gasteiger partial charge in [-0.25, -0.2) is 8.42 Å². The first-order valence-corrected chi connectivity index (χ1v) is 10.6. The molecule has 6 nitrogen and oxygen atoms in total. The molecule has 0 aliphatic heterocycles. The van der Waals surface area contributed by atoms with Crippen LogP contribution in [-0.4, -0.2) is 40.3 Å². The molecule has 0 bridgehead atoms. The molecule has 0 unspecified atom stereocenters. The summed E-state index contributed by atoms with van der Waals surface area (Å²) in [6.07, 6.45) is 1.14. The Morgan fingerprint density at radius 2 is 1.81 bits per heavy atom. The van der Waals surface area contributed by atoms with Crippen molar-refractivity contribution in [2.45, 2.75) is 19.5 Å². The van der Waals surface area contributed by atoms with E-state index in [1.54, 1.807) is 55.6 Å². The van der Waals surface area contributed by atoms with Gasteiger partial charge in [-0.3, -0.25) is 9.10 Å². The molecule has 0 radical (unpaired) electrons. The van der Waals surface area contributed by atoms with E-state index in [1.165, 1.54) is 4.31 Å². The molecular formula is C19H23ClN2O4S. The predicted octanol–water partition coefficient (Wildman–Crippen LogP) is 3.07. The third-order valence-electron chi connectivity index (χ3n) is 3.88. The van der Waals surface area contributed by atoms with E-state index in [0.717, 1.165) is 6.26 Å². The Morgan fingerprint density at radius 1 is 1.19 bits per heavy atom. The molecule has 8 heteroatoms. The number of anilines is 1. The molecule has 0 fully saturated rings. The SMILES string of the molecule is COC[C@H](C)NC(=O)c1ccc(N(Cc2ccccc2Cl)S(C)(=O)=O)cc1. The van der Waals surface area contributed by atoms with E-state index in [2.05, 4.69) is 5.32 Å². The van der Waals surface area contributed by atoms with Gasteiger partial charge in [0.1, 0.15) is 0 Å². The smallest absolute Gasteiger partial charge is 0.251 e. The van der Waals surface area contributed by atoms with Gasteiger partial charge in [0.2, 0.25) is 10.0 Å². The van der Waals surface area contributed by atoms with E-state index in [4.69, 9.17) is 16.3 Å². The van der Waals surface area contributed by atoms with Crippen LogP contribution in [0.15, 0.2) is 48.5 Å². The van der Waals surface area contributed by atoms with Gasteiger partial charge in [-0.05, 0) is 42.8 Å². The summed E-state index contributed by atoms with van der Waals surface area (Å²) in [6, 6.07) is 13.3. The highest BCUT2D eigenvalue weighted by Gasteiger charge is 2.19. The number of hydrogen-bond donors (Lipinski definition) is 1. The first-order chi connectivity index (χ1) is 12.7. The Labute approximate surface area is 165 Å². The molecule has 0 spiro atoms. The van der Waals surface area contributed by atoms with Crippen LogP contribution in [0, 0.1) is 0 Å². The average Bonchev–Trinajstić information content (AvgIpc) is 2.60. The van der Waals surface area contributed by atoms with Crippen molar-refractivity contribution in [3.05, 3.63) is 64.7 Å². The Bertz CT molecular complexity index is 885. The van der Waals surface area contributed by atoms with E-state index in [-0.39, 0.29) is 18.5 Å². The minimum Gasteiger partial charge on any atom is -0.383 e. The number of rotatable bonds is 8. The minimum atomic E-state index is -3.53. The molecule has 0 aromatic heterocycles. The highest BCUT2D eigenvalue weighted by atomic mass is 35.5. The van der Waals surface area contributed by atoms with E-state index in [1.807, 2.05) is 6.92 Å².